The van der Waals surface area contributed by atoms with Crippen LogP contribution in [0.2, 0.25) is 0 Å². The van der Waals surface area contributed by atoms with Gasteiger partial charge < -0.3 is 4.90 Å². The third-order valence-corrected chi connectivity index (χ3v) is 1.15. The molecule has 0 aromatic heterocycles. The third-order valence-electron chi connectivity index (χ3n) is 0.682. The van der Waals surface area contributed by atoms with Gasteiger partial charge in [-0.2, -0.15) is 0 Å². The summed E-state index contributed by atoms with van der Waals surface area (Å²) in [5, 5.41) is 0. The first-order valence-corrected chi connectivity index (χ1v) is 3.31. The maximum absolute atomic E-state index is 9.48. The van der Waals surface area contributed by atoms with Crippen molar-refractivity contribution in [3.63, 3.8) is 0 Å². The first-order chi connectivity index (χ1) is 3.77. The molecule has 0 saturated carbocycles. The van der Waals surface area contributed by atoms with Crippen molar-refractivity contribution in [2.45, 2.75) is 0 Å². The van der Waals surface area contributed by atoms with Gasteiger partial charge in [-0.3, -0.25) is 0 Å². The Kier molecular flexibility index (Phi) is 5.00. The minimum atomic E-state index is 0.788. The van der Waals surface area contributed by atoms with Crippen molar-refractivity contribution in [3.8, 4) is 0 Å². The second-order valence-corrected chi connectivity index (χ2v) is 2.53. The SMILES string of the molecule is CN(C)CCSN=O. The monoisotopic (exact) mass is 134 g/mol. The van der Waals surface area contributed by atoms with E-state index >= 15 is 0 Å². The Morgan fingerprint density at radius 2 is 2.25 bits per heavy atom. The lowest BCUT2D eigenvalue weighted by atomic mass is 10.7. The third kappa shape index (κ3) is 5.91. The van der Waals surface area contributed by atoms with Gasteiger partial charge in [0.15, 0.2) is 0 Å². The average molecular weight is 134 g/mol. The van der Waals surface area contributed by atoms with Gasteiger partial charge in [0.05, 0.1) is 0 Å². The van der Waals surface area contributed by atoms with E-state index in [4.69, 9.17) is 0 Å². The van der Waals surface area contributed by atoms with Crippen LogP contribution in [0.15, 0.2) is 4.58 Å². The van der Waals surface area contributed by atoms with E-state index in [-0.39, 0.29) is 0 Å². The van der Waals surface area contributed by atoms with Crippen LogP contribution in [0.3, 0.4) is 0 Å². The molecule has 0 bridgehead atoms. The van der Waals surface area contributed by atoms with Gasteiger partial charge in [-0.25, -0.2) is 0 Å². The average Bonchev–Trinajstić information content (AvgIpc) is 1.66. The van der Waals surface area contributed by atoms with Gasteiger partial charge in [-0.1, -0.05) is 0 Å². The molecule has 3 nitrogen and oxygen atoms in total. The summed E-state index contributed by atoms with van der Waals surface area (Å²) < 4.78 is 2.65. The fourth-order valence-corrected chi connectivity index (χ4v) is 0.782. The summed E-state index contributed by atoms with van der Waals surface area (Å²) in [6.07, 6.45) is 0. The van der Waals surface area contributed by atoms with Crippen LogP contribution in [-0.2, 0) is 0 Å². The van der Waals surface area contributed by atoms with Crippen LogP contribution < -0.4 is 0 Å². The molecule has 0 atom stereocenters. The van der Waals surface area contributed by atoms with Crippen LogP contribution in [0, 0.1) is 4.91 Å². The van der Waals surface area contributed by atoms with Crippen molar-refractivity contribution in [3.05, 3.63) is 4.91 Å². The first kappa shape index (κ1) is 7.91. The second-order valence-electron chi connectivity index (χ2n) is 1.71. The predicted octanol–water partition coefficient (Wildman–Crippen LogP) is 0.963. The predicted molar refractivity (Wildman–Crippen MR) is 36.8 cm³/mol. The van der Waals surface area contributed by atoms with Crippen LogP contribution in [0.25, 0.3) is 0 Å². The minimum absolute atomic E-state index is 0.788. The molecule has 0 heterocycles. The smallest absolute Gasteiger partial charge is 0.0314 e. The minimum Gasteiger partial charge on any atom is -0.309 e. The molecule has 0 saturated heterocycles. The molecular weight excluding hydrogens is 124 g/mol. The molecule has 48 valence electrons. The van der Waals surface area contributed by atoms with E-state index in [0.29, 0.717) is 0 Å². The second kappa shape index (κ2) is 5.05. The Bertz CT molecular complexity index is 67.1. The standard InChI is InChI=1S/C4H10N2OS/c1-6(2)3-4-8-5-7/h3-4H2,1-2H3. The highest BCUT2D eigenvalue weighted by molar-refractivity contribution is 7.97. The number of nitrogens with zero attached hydrogens (tertiary/aromatic N) is 2. The molecule has 0 aliphatic rings. The molecule has 0 aromatic carbocycles. The molecule has 4 heteroatoms. The summed E-state index contributed by atoms with van der Waals surface area (Å²) in [6, 6.07) is 0. The van der Waals surface area contributed by atoms with Crippen LogP contribution >= 0.6 is 11.9 Å². The number of hydrogen-bond donors (Lipinski definition) is 0. The molecule has 0 aliphatic heterocycles. The zero-order valence-electron chi connectivity index (χ0n) is 5.13. The zero-order valence-corrected chi connectivity index (χ0v) is 5.94. The highest BCUT2D eigenvalue weighted by atomic mass is 32.2. The molecule has 0 fully saturated rings. The molecule has 8 heavy (non-hydrogen) atoms. The van der Waals surface area contributed by atoms with Crippen LogP contribution in [0.1, 0.15) is 0 Å². The van der Waals surface area contributed by atoms with Gasteiger partial charge in [0.25, 0.3) is 0 Å². The normalized spacial score (nSPS) is 9.88. The molecule has 0 spiro atoms. The highest BCUT2D eigenvalue weighted by Gasteiger charge is 1.88. The van der Waals surface area contributed by atoms with Crippen molar-refractivity contribution in [1.29, 1.82) is 0 Å². The summed E-state index contributed by atoms with van der Waals surface area (Å²) >= 11 is 1.06. The van der Waals surface area contributed by atoms with Gasteiger partial charge in [0.1, 0.15) is 0 Å². The van der Waals surface area contributed by atoms with Gasteiger partial charge in [-0.15, -0.1) is 4.91 Å². The topological polar surface area (TPSA) is 32.7 Å². The Hall–Kier alpha value is -0.0900. The van der Waals surface area contributed by atoms with E-state index in [9.17, 15) is 4.91 Å². The molecule has 0 radical (unpaired) electrons. The zero-order chi connectivity index (χ0) is 6.41. The van der Waals surface area contributed by atoms with Gasteiger partial charge >= 0.3 is 0 Å². The van der Waals surface area contributed by atoms with Crippen LogP contribution in [0.4, 0.5) is 0 Å². The van der Waals surface area contributed by atoms with E-state index < -0.39 is 0 Å². The van der Waals surface area contributed by atoms with Crippen molar-refractivity contribution >= 4 is 11.9 Å². The molecule has 0 rings (SSSR count). The Morgan fingerprint density at radius 1 is 1.62 bits per heavy atom. The Morgan fingerprint density at radius 3 is 2.62 bits per heavy atom. The van der Waals surface area contributed by atoms with E-state index in [1.807, 2.05) is 19.0 Å². The van der Waals surface area contributed by atoms with Crippen molar-refractivity contribution < 1.29 is 0 Å². The van der Waals surface area contributed by atoms with E-state index in [0.717, 1.165) is 24.2 Å². The molecular formula is C4H10N2OS. The molecule has 0 N–H and O–H groups in total. The fraction of sp³-hybridized carbons (Fsp3) is 1.00. The van der Waals surface area contributed by atoms with Gasteiger partial charge in [0, 0.05) is 28.8 Å². The summed E-state index contributed by atoms with van der Waals surface area (Å²) in [6.45, 7) is 0.913. The lowest BCUT2D eigenvalue weighted by Crippen LogP contribution is -2.14. The van der Waals surface area contributed by atoms with E-state index in [1.54, 1.807) is 0 Å². The maximum Gasteiger partial charge on any atom is 0.0314 e. The van der Waals surface area contributed by atoms with E-state index in [2.05, 4.69) is 4.58 Å². The van der Waals surface area contributed by atoms with Gasteiger partial charge in [-0.05, 0) is 14.1 Å². The number of hydrogen-bond acceptors (Lipinski definition) is 4. The number of rotatable bonds is 4. The van der Waals surface area contributed by atoms with Crippen molar-refractivity contribution in [2.24, 2.45) is 4.58 Å². The van der Waals surface area contributed by atoms with Crippen molar-refractivity contribution in [2.75, 3.05) is 26.4 Å². The Balaban J connectivity index is 2.81. The fourth-order valence-electron chi connectivity index (χ4n) is 0.261. The van der Waals surface area contributed by atoms with E-state index in [1.165, 1.54) is 0 Å². The Labute approximate surface area is 53.5 Å². The molecule has 0 unspecified atom stereocenters. The first-order valence-electron chi connectivity index (χ1n) is 2.36. The molecule has 0 aliphatic carbocycles. The van der Waals surface area contributed by atoms with Crippen molar-refractivity contribution in [1.82, 2.24) is 4.90 Å². The lowest BCUT2D eigenvalue weighted by molar-refractivity contribution is 0.437. The highest BCUT2D eigenvalue weighted by Crippen LogP contribution is 1.98. The van der Waals surface area contributed by atoms with Crippen LogP contribution in [-0.4, -0.2) is 31.3 Å². The summed E-state index contributed by atoms with van der Waals surface area (Å²) in [5.41, 5.74) is 0. The largest absolute Gasteiger partial charge is 0.309 e. The molecule has 0 aromatic rings. The number of nitroso groups, excluding NO2 is 1. The van der Waals surface area contributed by atoms with Crippen LogP contribution in [0.5, 0.6) is 0 Å². The lowest BCUT2D eigenvalue weighted by Gasteiger charge is -2.04. The quantitative estimate of drug-likeness (QED) is 0.326. The summed E-state index contributed by atoms with van der Waals surface area (Å²) in [5.74, 6) is 0.788. The summed E-state index contributed by atoms with van der Waals surface area (Å²) in [4.78, 5) is 11.5. The maximum atomic E-state index is 9.48. The summed E-state index contributed by atoms with van der Waals surface area (Å²) in [7, 11) is 3.93. The van der Waals surface area contributed by atoms with Gasteiger partial charge in [0.2, 0.25) is 0 Å². The molecule has 0 amide bonds.